The molecule has 3 aromatic rings. The molecule has 0 bridgehead atoms. The minimum absolute atomic E-state index is 0.217. The van der Waals surface area contributed by atoms with Crippen LogP contribution in [-0.4, -0.2) is 0 Å². The molecule has 0 radical (unpaired) electrons. The molecule has 3 heteroatoms. The zero-order valence-corrected chi connectivity index (χ0v) is 11.9. The maximum atomic E-state index is 14.0. The molecule has 0 nitrogen and oxygen atoms in total. The van der Waals surface area contributed by atoms with Gasteiger partial charge in [0.15, 0.2) is 11.6 Å². The summed E-state index contributed by atoms with van der Waals surface area (Å²) in [5.74, 6) is -1.99. The normalized spacial score (nSPS) is 10.7. The molecule has 0 unspecified atom stereocenters. The molecule has 0 fully saturated rings. The lowest BCUT2D eigenvalue weighted by Gasteiger charge is -2.08. The van der Waals surface area contributed by atoms with E-state index >= 15 is 0 Å². The van der Waals surface area contributed by atoms with Crippen LogP contribution in [0.1, 0.15) is 5.56 Å². The quantitative estimate of drug-likeness (QED) is 0.565. The molecule has 3 rings (SSSR count). The molecule has 0 aliphatic carbocycles. The number of hydrogen-bond donors (Lipinski definition) is 0. The van der Waals surface area contributed by atoms with Gasteiger partial charge in [0, 0.05) is 5.56 Å². The Balaban J connectivity index is 2.00. The van der Waals surface area contributed by atoms with Crippen LogP contribution in [-0.2, 0) is 0 Å². The van der Waals surface area contributed by atoms with E-state index in [1.807, 2.05) is 0 Å². The highest BCUT2D eigenvalue weighted by atomic mass is 19.2. The fourth-order valence-electron chi connectivity index (χ4n) is 2.38. The Bertz CT molecular complexity index is 821. The summed E-state index contributed by atoms with van der Waals surface area (Å²) in [5.41, 5.74) is 2.63. The van der Waals surface area contributed by atoms with Gasteiger partial charge in [-0.3, -0.25) is 0 Å². The highest BCUT2D eigenvalue weighted by Gasteiger charge is 2.12. The molecule has 0 aliphatic heterocycles. The summed E-state index contributed by atoms with van der Waals surface area (Å²) in [4.78, 5) is 0. The molecule has 0 atom stereocenters. The molecule has 0 N–H and O–H groups in total. The average molecular weight is 298 g/mol. The van der Waals surface area contributed by atoms with Crippen molar-refractivity contribution in [3.05, 3.63) is 83.7 Å². The second-order valence-electron chi connectivity index (χ2n) is 5.15. The van der Waals surface area contributed by atoms with E-state index in [-0.39, 0.29) is 16.9 Å². The number of rotatable bonds is 2. The topological polar surface area (TPSA) is 0 Å². The van der Waals surface area contributed by atoms with Crippen molar-refractivity contribution in [1.82, 2.24) is 0 Å². The molecule has 0 aromatic heterocycles. The third-order valence-electron chi connectivity index (χ3n) is 3.63. The lowest BCUT2D eigenvalue weighted by atomic mass is 9.99. The summed E-state index contributed by atoms with van der Waals surface area (Å²) < 4.78 is 40.9. The second kappa shape index (κ2) is 5.68. The van der Waals surface area contributed by atoms with Crippen LogP contribution in [0.3, 0.4) is 0 Å². The lowest BCUT2D eigenvalue weighted by Crippen LogP contribution is -1.93. The van der Waals surface area contributed by atoms with Crippen LogP contribution in [0, 0.1) is 24.4 Å². The maximum Gasteiger partial charge on any atom is 0.166 e. The number of aryl methyl sites for hydroxylation is 1. The first-order valence-electron chi connectivity index (χ1n) is 6.87. The van der Waals surface area contributed by atoms with Gasteiger partial charge in [-0.25, -0.2) is 13.2 Å². The Labute approximate surface area is 126 Å². The summed E-state index contributed by atoms with van der Waals surface area (Å²) in [6, 6.07) is 16.3. The first-order chi connectivity index (χ1) is 10.6. The summed E-state index contributed by atoms with van der Waals surface area (Å²) >= 11 is 0. The lowest BCUT2D eigenvalue weighted by molar-refractivity contribution is 0.505. The third-order valence-corrected chi connectivity index (χ3v) is 3.63. The van der Waals surface area contributed by atoms with Crippen LogP contribution in [0.25, 0.3) is 22.3 Å². The molecule has 3 aromatic carbocycles. The van der Waals surface area contributed by atoms with Gasteiger partial charge < -0.3 is 0 Å². The van der Waals surface area contributed by atoms with Gasteiger partial charge in [0.05, 0.1) is 0 Å². The van der Waals surface area contributed by atoms with Crippen molar-refractivity contribution >= 4 is 0 Å². The molecule has 0 amide bonds. The smallest absolute Gasteiger partial charge is 0.166 e. The van der Waals surface area contributed by atoms with Gasteiger partial charge in [-0.2, -0.15) is 0 Å². The number of hydrogen-bond acceptors (Lipinski definition) is 0. The van der Waals surface area contributed by atoms with Gasteiger partial charge >= 0.3 is 0 Å². The Morgan fingerprint density at radius 1 is 0.636 bits per heavy atom. The van der Waals surface area contributed by atoms with Gasteiger partial charge in [0.1, 0.15) is 5.82 Å². The molecule has 110 valence electrons. The van der Waals surface area contributed by atoms with Crippen LogP contribution < -0.4 is 0 Å². The number of halogens is 3. The van der Waals surface area contributed by atoms with E-state index in [0.717, 1.165) is 11.1 Å². The summed E-state index contributed by atoms with van der Waals surface area (Å²) in [5, 5.41) is 0. The van der Waals surface area contributed by atoms with Crippen LogP contribution in [0.4, 0.5) is 13.2 Å². The van der Waals surface area contributed by atoms with Crippen molar-refractivity contribution in [3.63, 3.8) is 0 Å². The van der Waals surface area contributed by atoms with Crippen LogP contribution in [0.2, 0.25) is 0 Å². The Hall–Kier alpha value is -2.55. The van der Waals surface area contributed by atoms with E-state index in [9.17, 15) is 13.2 Å². The van der Waals surface area contributed by atoms with E-state index in [2.05, 4.69) is 0 Å². The highest BCUT2D eigenvalue weighted by molar-refractivity contribution is 5.71. The molecule has 0 aliphatic rings. The fraction of sp³-hybridized carbons (Fsp3) is 0.0526. The average Bonchev–Trinajstić information content (AvgIpc) is 2.53. The standard InChI is InChI=1S/C19H13F3/c1-12-5-10-17(19(22)18(12)21)14-8-6-13(7-9-14)15-3-2-4-16(20)11-15/h2-11H,1H3. The molecule has 0 spiro atoms. The predicted molar refractivity (Wildman–Crippen MR) is 81.9 cm³/mol. The van der Waals surface area contributed by atoms with E-state index < -0.39 is 11.6 Å². The zero-order chi connectivity index (χ0) is 15.7. The first-order valence-corrected chi connectivity index (χ1v) is 6.87. The molecule has 0 saturated carbocycles. The SMILES string of the molecule is Cc1ccc(-c2ccc(-c3cccc(F)c3)cc2)c(F)c1F. The van der Waals surface area contributed by atoms with Gasteiger partial charge in [-0.1, -0.05) is 48.5 Å². The van der Waals surface area contributed by atoms with Crippen LogP contribution in [0.15, 0.2) is 60.7 Å². The summed E-state index contributed by atoms with van der Waals surface area (Å²) in [7, 11) is 0. The zero-order valence-electron chi connectivity index (χ0n) is 11.9. The summed E-state index contributed by atoms with van der Waals surface area (Å²) in [6.45, 7) is 1.52. The van der Waals surface area contributed by atoms with E-state index in [1.54, 1.807) is 48.5 Å². The maximum absolute atomic E-state index is 14.0. The Morgan fingerprint density at radius 2 is 1.32 bits per heavy atom. The molecule has 0 heterocycles. The van der Waals surface area contributed by atoms with Gasteiger partial charge in [-0.15, -0.1) is 0 Å². The van der Waals surface area contributed by atoms with Crippen molar-refractivity contribution in [2.75, 3.05) is 0 Å². The second-order valence-corrected chi connectivity index (χ2v) is 5.15. The van der Waals surface area contributed by atoms with E-state index in [4.69, 9.17) is 0 Å². The van der Waals surface area contributed by atoms with Crippen molar-refractivity contribution in [3.8, 4) is 22.3 Å². The minimum atomic E-state index is -0.849. The third kappa shape index (κ3) is 2.62. The minimum Gasteiger partial charge on any atom is -0.207 e. The summed E-state index contributed by atoms with van der Waals surface area (Å²) in [6.07, 6.45) is 0. The van der Waals surface area contributed by atoms with Crippen molar-refractivity contribution in [1.29, 1.82) is 0 Å². The van der Waals surface area contributed by atoms with Crippen molar-refractivity contribution in [2.45, 2.75) is 6.92 Å². The fourth-order valence-corrected chi connectivity index (χ4v) is 2.38. The molecular formula is C19H13F3. The van der Waals surface area contributed by atoms with Gasteiger partial charge in [0.2, 0.25) is 0 Å². The predicted octanol–water partition coefficient (Wildman–Crippen LogP) is 5.75. The van der Waals surface area contributed by atoms with Crippen molar-refractivity contribution < 1.29 is 13.2 Å². The van der Waals surface area contributed by atoms with E-state index in [1.165, 1.54) is 19.1 Å². The molecule has 0 saturated heterocycles. The van der Waals surface area contributed by atoms with Gasteiger partial charge in [-0.05, 0) is 41.3 Å². The van der Waals surface area contributed by atoms with Crippen molar-refractivity contribution in [2.24, 2.45) is 0 Å². The number of benzene rings is 3. The van der Waals surface area contributed by atoms with Crippen LogP contribution in [0.5, 0.6) is 0 Å². The van der Waals surface area contributed by atoms with Gasteiger partial charge in [0.25, 0.3) is 0 Å². The Morgan fingerprint density at radius 3 is 2.00 bits per heavy atom. The largest absolute Gasteiger partial charge is 0.207 e. The molecular weight excluding hydrogens is 285 g/mol. The molecule has 22 heavy (non-hydrogen) atoms. The van der Waals surface area contributed by atoms with Crippen LogP contribution >= 0.6 is 0 Å². The highest BCUT2D eigenvalue weighted by Crippen LogP contribution is 2.28. The Kier molecular flexibility index (Phi) is 3.72. The van der Waals surface area contributed by atoms with E-state index in [0.29, 0.717) is 5.56 Å². The first kappa shape index (κ1) is 14.4. The monoisotopic (exact) mass is 298 g/mol.